The number of carboxylic acid groups (broad SMARTS) is 2. The maximum absolute atomic E-state index is 12.8. The molecule has 0 unspecified atom stereocenters. The van der Waals surface area contributed by atoms with Crippen LogP contribution in [0.3, 0.4) is 0 Å². The van der Waals surface area contributed by atoms with Gasteiger partial charge < -0.3 is 24.6 Å². The highest BCUT2D eigenvalue weighted by Crippen LogP contribution is 2.17. The predicted octanol–water partition coefficient (Wildman–Crippen LogP) is 2.53. The molecule has 0 radical (unpaired) electrons. The SMILES string of the molecule is COc1cccc(N2CCN(CCCOc3ccc(F)cc3)CC2)n1.O=C(O)/C=C/C(=O)O. The molecule has 1 fully saturated rings. The Labute approximate surface area is 191 Å². The number of carbonyl (C=O) groups is 2. The van der Waals surface area contributed by atoms with Crippen LogP contribution in [0.15, 0.2) is 54.6 Å². The van der Waals surface area contributed by atoms with E-state index in [1.807, 2.05) is 18.2 Å². The summed E-state index contributed by atoms with van der Waals surface area (Å²) in [4.78, 5) is 28.3. The van der Waals surface area contributed by atoms with Crippen LogP contribution in [0.5, 0.6) is 11.6 Å². The highest BCUT2D eigenvalue weighted by molar-refractivity contribution is 5.89. The molecule has 178 valence electrons. The Balaban J connectivity index is 0.000000414. The van der Waals surface area contributed by atoms with Crippen LogP contribution in [0.2, 0.25) is 0 Å². The largest absolute Gasteiger partial charge is 0.494 e. The highest BCUT2D eigenvalue weighted by Gasteiger charge is 2.18. The molecule has 3 rings (SSSR count). The summed E-state index contributed by atoms with van der Waals surface area (Å²) in [5, 5.41) is 15.6. The van der Waals surface area contributed by atoms with E-state index in [1.54, 1.807) is 19.2 Å². The number of carboxylic acids is 2. The minimum Gasteiger partial charge on any atom is -0.494 e. The molecule has 1 aromatic carbocycles. The van der Waals surface area contributed by atoms with Gasteiger partial charge in [0.1, 0.15) is 17.4 Å². The summed E-state index contributed by atoms with van der Waals surface area (Å²) in [6.45, 7) is 5.58. The van der Waals surface area contributed by atoms with Gasteiger partial charge in [0.25, 0.3) is 0 Å². The average Bonchev–Trinajstić information content (AvgIpc) is 2.82. The topological polar surface area (TPSA) is 112 Å². The van der Waals surface area contributed by atoms with E-state index in [-0.39, 0.29) is 5.82 Å². The fourth-order valence-electron chi connectivity index (χ4n) is 3.05. The van der Waals surface area contributed by atoms with Crippen LogP contribution in [0, 0.1) is 5.82 Å². The number of hydrogen-bond acceptors (Lipinski definition) is 7. The van der Waals surface area contributed by atoms with Crippen LogP contribution in [0.4, 0.5) is 10.2 Å². The lowest BCUT2D eigenvalue weighted by molar-refractivity contribution is -0.134. The fourth-order valence-corrected chi connectivity index (χ4v) is 3.05. The van der Waals surface area contributed by atoms with E-state index in [1.165, 1.54) is 12.1 Å². The quantitative estimate of drug-likeness (QED) is 0.430. The summed E-state index contributed by atoms with van der Waals surface area (Å²) in [6, 6.07) is 12.0. The molecule has 10 heteroatoms. The molecule has 0 saturated carbocycles. The highest BCUT2D eigenvalue weighted by atomic mass is 19.1. The second kappa shape index (κ2) is 13.7. The van der Waals surface area contributed by atoms with Crippen molar-refractivity contribution in [1.82, 2.24) is 9.88 Å². The van der Waals surface area contributed by atoms with Crippen molar-refractivity contribution in [2.75, 3.05) is 51.3 Å². The number of rotatable bonds is 9. The van der Waals surface area contributed by atoms with Gasteiger partial charge in [-0.15, -0.1) is 0 Å². The lowest BCUT2D eigenvalue weighted by atomic mass is 10.3. The molecule has 2 aromatic rings. The monoisotopic (exact) mass is 461 g/mol. The number of pyridine rings is 1. The number of benzene rings is 1. The lowest BCUT2D eigenvalue weighted by Gasteiger charge is -2.35. The van der Waals surface area contributed by atoms with Crippen LogP contribution in [-0.4, -0.2) is 78.5 Å². The standard InChI is InChI=1S/C19H24FN3O2.C4H4O4/c1-24-19-5-2-4-18(21-19)23-13-11-22(12-14-23)10-3-15-25-17-8-6-16(20)7-9-17;5-3(6)1-2-4(7)8/h2,4-9H,3,10-15H2,1H3;1-2H,(H,5,6)(H,7,8)/b;2-1+. The Hall–Kier alpha value is -3.66. The Morgan fingerprint density at radius 3 is 2.24 bits per heavy atom. The molecule has 1 aliphatic heterocycles. The molecule has 0 spiro atoms. The van der Waals surface area contributed by atoms with Gasteiger partial charge in [0.05, 0.1) is 13.7 Å². The lowest BCUT2D eigenvalue weighted by Crippen LogP contribution is -2.47. The number of anilines is 1. The fraction of sp³-hybridized carbons (Fsp3) is 0.348. The molecule has 0 atom stereocenters. The van der Waals surface area contributed by atoms with Gasteiger partial charge in [0.2, 0.25) is 5.88 Å². The first-order valence-electron chi connectivity index (χ1n) is 10.4. The number of aromatic nitrogens is 1. The van der Waals surface area contributed by atoms with Crippen molar-refractivity contribution in [3.8, 4) is 11.6 Å². The van der Waals surface area contributed by atoms with Crippen molar-refractivity contribution >= 4 is 17.8 Å². The molecule has 9 nitrogen and oxygen atoms in total. The number of piperazine rings is 1. The van der Waals surface area contributed by atoms with Crippen molar-refractivity contribution in [3.05, 3.63) is 60.4 Å². The summed E-state index contributed by atoms with van der Waals surface area (Å²) >= 11 is 0. The van der Waals surface area contributed by atoms with Crippen LogP contribution in [0.1, 0.15) is 6.42 Å². The second-order valence-corrected chi connectivity index (χ2v) is 7.03. The van der Waals surface area contributed by atoms with Crippen molar-refractivity contribution in [2.45, 2.75) is 6.42 Å². The second-order valence-electron chi connectivity index (χ2n) is 7.03. The van der Waals surface area contributed by atoms with E-state index < -0.39 is 11.9 Å². The average molecular weight is 461 g/mol. The molecule has 0 bridgehead atoms. The summed E-state index contributed by atoms with van der Waals surface area (Å²) in [5.41, 5.74) is 0. The number of halogens is 1. The summed E-state index contributed by atoms with van der Waals surface area (Å²) in [6.07, 6.45) is 2.07. The normalized spacial score (nSPS) is 13.8. The third-order valence-corrected chi connectivity index (χ3v) is 4.68. The molecule has 0 aliphatic carbocycles. The Kier molecular flexibility index (Phi) is 10.6. The maximum atomic E-state index is 12.8. The summed E-state index contributed by atoms with van der Waals surface area (Å²) in [5.74, 6) is -0.414. The molecule has 1 saturated heterocycles. The van der Waals surface area contributed by atoms with Crippen molar-refractivity contribution in [3.63, 3.8) is 0 Å². The molecule has 1 aliphatic rings. The van der Waals surface area contributed by atoms with E-state index in [9.17, 15) is 14.0 Å². The number of hydrogen-bond donors (Lipinski definition) is 2. The maximum Gasteiger partial charge on any atom is 0.328 e. The molecule has 1 aromatic heterocycles. The van der Waals surface area contributed by atoms with Gasteiger partial charge >= 0.3 is 11.9 Å². The third-order valence-electron chi connectivity index (χ3n) is 4.68. The van der Waals surface area contributed by atoms with Gasteiger partial charge in [0.15, 0.2) is 0 Å². The van der Waals surface area contributed by atoms with Gasteiger partial charge in [-0.25, -0.2) is 14.0 Å². The van der Waals surface area contributed by atoms with Gasteiger partial charge in [-0.1, -0.05) is 6.07 Å². The van der Waals surface area contributed by atoms with Crippen molar-refractivity contribution < 1.29 is 33.7 Å². The van der Waals surface area contributed by atoms with Gasteiger partial charge in [0, 0.05) is 50.9 Å². The number of ether oxygens (including phenoxy) is 2. The van der Waals surface area contributed by atoms with Crippen LogP contribution < -0.4 is 14.4 Å². The van der Waals surface area contributed by atoms with Crippen LogP contribution >= 0.6 is 0 Å². The number of nitrogens with zero attached hydrogens (tertiary/aromatic N) is 3. The van der Waals surface area contributed by atoms with E-state index >= 15 is 0 Å². The van der Waals surface area contributed by atoms with E-state index in [0.29, 0.717) is 24.6 Å². The van der Waals surface area contributed by atoms with Crippen LogP contribution in [0.25, 0.3) is 0 Å². The van der Waals surface area contributed by atoms with E-state index in [0.717, 1.165) is 50.7 Å². The zero-order valence-electron chi connectivity index (χ0n) is 18.4. The van der Waals surface area contributed by atoms with Gasteiger partial charge in [-0.3, -0.25) is 4.90 Å². The summed E-state index contributed by atoms with van der Waals surface area (Å²) < 4.78 is 23.7. The molecular formula is C23H28FN3O6. The minimum atomic E-state index is -1.26. The first-order valence-corrected chi connectivity index (χ1v) is 10.4. The zero-order chi connectivity index (χ0) is 24.1. The first kappa shape index (κ1) is 25.6. The Bertz CT molecular complexity index is 899. The van der Waals surface area contributed by atoms with Crippen molar-refractivity contribution in [2.24, 2.45) is 0 Å². The molecule has 33 heavy (non-hydrogen) atoms. The molecule has 2 N–H and O–H groups in total. The zero-order valence-corrected chi connectivity index (χ0v) is 18.4. The molecule has 2 heterocycles. The smallest absolute Gasteiger partial charge is 0.328 e. The Morgan fingerprint density at radius 1 is 1.03 bits per heavy atom. The Morgan fingerprint density at radius 2 is 1.67 bits per heavy atom. The van der Waals surface area contributed by atoms with Gasteiger partial charge in [-0.2, -0.15) is 4.98 Å². The van der Waals surface area contributed by atoms with Gasteiger partial charge in [-0.05, 0) is 36.8 Å². The number of aliphatic carboxylic acids is 2. The van der Waals surface area contributed by atoms with E-state index in [4.69, 9.17) is 19.7 Å². The molecule has 0 amide bonds. The molecular weight excluding hydrogens is 433 g/mol. The number of methoxy groups -OCH3 is 1. The van der Waals surface area contributed by atoms with E-state index in [2.05, 4.69) is 14.8 Å². The minimum absolute atomic E-state index is 0.240. The predicted molar refractivity (Wildman–Crippen MR) is 120 cm³/mol. The third kappa shape index (κ3) is 10.0. The summed E-state index contributed by atoms with van der Waals surface area (Å²) in [7, 11) is 1.64. The van der Waals surface area contributed by atoms with Crippen LogP contribution in [-0.2, 0) is 9.59 Å². The van der Waals surface area contributed by atoms with Crippen molar-refractivity contribution in [1.29, 1.82) is 0 Å². The first-order chi connectivity index (χ1) is 15.9.